The molecule has 0 bridgehead atoms. The molecule has 25 heavy (non-hydrogen) atoms. The fourth-order valence-electron chi connectivity index (χ4n) is 2.16. The highest BCUT2D eigenvalue weighted by Gasteiger charge is 2.31. The summed E-state index contributed by atoms with van der Waals surface area (Å²) < 4.78 is 42.1. The van der Waals surface area contributed by atoms with Crippen molar-refractivity contribution in [1.29, 1.82) is 0 Å². The summed E-state index contributed by atoms with van der Waals surface area (Å²) in [6.45, 7) is 2.83. The summed E-state index contributed by atoms with van der Waals surface area (Å²) in [5, 5.41) is 10.3. The predicted octanol–water partition coefficient (Wildman–Crippen LogP) is 3.30. The van der Waals surface area contributed by atoms with Gasteiger partial charge in [0.2, 0.25) is 0 Å². The van der Waals surface area contributed by atoms with Crippen LogP contribution in [0.3, 0.4) is 0 Å². The second-order valence-corrected chi connectivity index (χ2v) is 5.45. The summed E-state index contributed by atoms with van der Waals surface area (Å²) in [6.07, 6.45) is -0.101. The van der Waals surface area contributed by atoms with E-state index in [0.29, 0.717) is 12.1 Å². The number of unbranched alkanes of at least 4 members (excludes halogenated alkanes) is 2. The zero-order chi connectivity index (χ0) is 18.3. The van der Waals surface area contributed by atoms with Crippen LogP contribution < -0.4 is 10.1 Å². The normalized spacial score (nSPS) is 11.4. The SMILES string of the molecule is CCCCCn1cc(C(=O)NCc2cccc(OC(F)(F)F)c2)nn1. The van der Waals surface area contributed by atoms with Gasteiger partial charge >= 0.3 is 6.36 Å². The molecule has 0 aliphatic heterocycles. The first-order chi connectivity index (χ1) is 11.9. The van der Waals surface area contributed by atoms with Crippen LogP contribution in [0.5, 0.6) is 5.75 Å². The van der Waals surface area contributed by atoms with Crippen LogP contribution >= 0.6 is 0 Å². The van der Waals surface area contributed by atoms with Crippen LogP contribution in [0.4, 0.5) is 13.2 Å². The number of aryl methyl sites for hydroxylation is 1. The Morgan fingerprint density at radius 2 is 2.12 bits per heavy atom. The van der Waals surface area contributed by atoms with E-state index < -0.39 is 12.3 Å². The Labute approximate surface area is 143 Å². The van der Waals surface area contributed by atoms with Gasteiger partial charge < -0.3 is 10.1 Å². The number of halogens is 3. The average Bonchev–Trinajstić information content (AvgIpc) is 3.01. The van der Waals surface area contributed by atoms with Crippen molar-refractivity contribution in [2.75, 3.05) is 0 Å². The van der Waals surface area contributed by atoms with E-state index >= 15 is 0 Å². The molecule has 6 nitrogen and oxygen atoms in total. The first-order valence-corrected chi connectivity index (χ1v) is 7.90. The van der Waals surface area contributed by atoms with Gasteiger partial charge in [-0.2, -0.15) is 0 Å². The molecule has 0 unspecified atom stereocenters. The van der Waals surface area contributed by atoms with Crippen LogP contribution in [-0.2, 0) is 13.1 Å². The first-order valence-electron chi connectivity index (χ1n) is 7.90. The molecule has 1 amide bonds. The topological polar surface area (TPSA) is 69.0 Å². The molecule has 2 rings (SSSR count). The largest absolute Gasteiger partial charge is 0.573 e. The number of aromatic nitrogens is 3. The number of alkyl halides is 3. The Morgan fingerprint density at radius 3 is 2.84 bits per heavy atom. The van der Waals surface area contributed by atoms with E-state index in [-0.39, 0.29) is 18.0 Å². The monoisotopic (exact) mass is 356 g/mol. The minimum atomic E-state index is -4.75. The number of ether oxygens (including phenoxy) is 1. The molecule has 1 heterocycles. The summed E-state index contributed by atoms with van der Waals surface area (Å²) in [4.78, 5) is 12.0. The van der Waals surface area contributed by atoms with Gasteiger partial charge in [0, 0.05) is 13.1 Å². The molecule has 0 spiro atoms. The molecule has 136 valence electrons. The van der Waals surface area contributed by atoms with Crippen molar-refractivity contribution in [3.05, 3.63) is 41.7 Å². The number of carbonyl (C=O) groups is 1. The summed E-state index contributed by atoms with van der Waals surface area (Å²) >= 11 is 0. The number of benzene rings is 1. The Kier molecular flexibility index (Phi) is 6.37. The number of hydrogen-bond donors (Lipinski definition) is 1. The number of carbonyl (C=O) groups excluding carboxylic acids is 1. The highest BCUT2D eigenvalue weighted by atomic mass is 19.4. The molecular weight excluding hydrogens is 337 g/mol. The molecule has 0 saturated carbocycles. The Balaban J connectivity index is 1.88. The van der Waals surface area contributed by atoms with E-state index in [0.717, 1.165) is 19.3 Å². The lowest BCUT2D eigenvalue weighted by Gasteiger charge is -2.10. The van der Waals surface area contributed by atoms with Gasteiger partial charge in [0.1, 0.15) is 5.75 Å². The third-order valence-electron chi connectivity index (χ3n) is 3.35. The zero-order valence-electron chi connectivity index (χ0n) is 13.7. The number of amides is 1. The number of hydrogen-bond acceptors (Lipinski definition) is 4. The zero-order valence-corrected chi connectivity index (χ0v) is 13.7. The molecule has 2 aromatic rings. The van der Waals surface area contributed by atoms with Gasteiger partial charge in [-0.1, -0.05) is 37.1 Å². The molecule has 1 N–H and O–H groups in total. The van der Waals surface area contributed by atoms with Crippen LogP contribution in [0, 0.1) is 0 Å². The number of nitrogens with one attached hydrogen (secondary N) is 1. The van der Waals surface area contributed by atoms with Crippen molar-refractivity contribution < 1.29 is 22.7 Å². The van der Waals surface area contributed by atoms with Gasteiger partial charge in [0.05, 0.1) is 6.20 Å². The molecular formula is C16H19F3N4O2. The van der Waals surface area contributed by atoms with Crippen molar-refractivity contribution in [2.45, 2.75) is 45.6 Å². The maximum atomic E-state index is 12.2. The number of nitrogens with zero attached hydrogens (tertiary/aromatic N) is 3. The van der Waals surface area contributed by atoms with Gasteiger partial charge in [-0.25, -0.2) is 0 Å². The van der Waals surface area contributed by atoms with Crippen LogP contribution in [-0.4, -0.2) is 27.3 Å². The van der Waals surface area contributed by atoms with Gasteiger partial charge in [-0.05, 0) is 24.1 Å². The molecule has 0 fully saturated rings. The Morgan fingerprint density at radius 1 is 1.32 bits per heavy atom. The minimum absolute atomic E-state index is 0.0522. The molecule has 0 radical (unpaired) electrons. The van der Waals surface area contributed by atoms with E-state index in [1.807, 2.05) is 0 Å². The molecule has 0 aliphatic rings. The molecule has 1 aromatic carbocycles. The molecule has 0 saturated heterocycles. The highest BCUT2D eigenvalue weighted by Crippen LogP contribution is 2.23. The first kappa shape index (κ1) is 18.8. The maximum Gasteiger partial charge on any atom is 0.573 e. The van der Waals surface area contributed by atoms with Crippen LogP contribution in [0.15, 0.2) is 30.5 Å². The lowest BCUT2D eigenvalue weighted by atomic mass is 10.2. The summed E-state index contributed by atoms with van der Waals surface area (Å²) in [6, 6.07) is 5.42. The van der Waals surface area contributed by atoms with Gasteiger partial charge in [0.25, 0.3) is 5.91 Å². The number of rotatable bonds is 8. The van der Waals surface area contributed by atoms with Crippen LogP contribution in [0.25, 0.3) is 0 Å². The maximum absolute atomic E-state index is 12.2. The standard InChI is InChI=1S/C16H19F3N4O2/c1-2-3-4-8-23-11-14(21-22-23)15(24)20-10-12-6-5-7-13(9-12)25-16(17,18)19/h5-7,9,11H,2-4,8,10H2,1H3,(H,20,24). The average molecular weight is 356 g/mol. The fraction of sp³-hybridized carbons (Fsp3) is 0.438. The smallest absolute Gasteiger partial charge is 0.406 e. The third-order valence-corrected chi connectivity index (χ3v) is 3.35. The molecule has 1 aromatic heterocycles. The van der Waals surface area contributed by atoms with E-state index in [1.165, 1.54) is 18.2 Å². The Bertz CT molecular complexity index is 701. The van der Waals surface area contributed by atoms with Gasteiger partial charge in [-0.3, -0.25) is 9.48 Å². The highest BCUT2D eigenvalue weighted by molar-refractivity contribution is 5.91. The summed E-state index contributed by atoms with van der Waals surface area (Å²) in [7, 11) is 0. The fourth-order valence-corrected chi connectivity index (χ4v) is 2.16. The summed E-state index contributed by atoms with van der Waals surface area (Å²) in [5.74, 6) is -0.773. The van der Waals surface area contributed by atoms with E-state index in [9.17, 15) is 18.0 Å². The van der Waals surface area contributed by atoms with Crippen LogP contribution in [0.1, 0.15) is 42.2 Å². The van der Waals surface area contributed by atoms with Crippen molar-refractivity contribution in [3.8, 4) is 5.75 Å². The molecule has 9 heteroatoms. The second-order valence-electron chi connectivity index (χ2n) is 5.45. The van der Waals surface area contributed by atoms with Gasteiger partial charge in [0.15, 0.2) is 5.69 Å². The minimum Gasteiger partial charge on any atom is -0.406 e. The Hall–Kier alpha value is -2.58. The molecule has 0 atom stereocenters. The lowest BCUT2D eigenvalue weighted by Crippen LogP contribution is -2.23. The van der Waals surface area contributed by atoms with E-state index in [1.54, 1.807) is 16.9 Å². The van der Waals surface area contributed by atoms with Crippen molar-refractivity contribution in [3.63, 3.8) is 0 Å². The van der Waals surface area contributed by atoms with Crippen molar-refractivity contribution >= 4 is 5.91 Å². The van der Waals surface area contributed by atoms with Crippen molar-refractivity contribution in [1.82, 2.24) is 20.3 Å². The predicted molar refractivity (Wildman–Crippen MR) is 83.8 cm³/mol. The van der Waals surface area contributed by atoms with Crippen molar-refractivity contribution in [2.24, 2.45) is 0 Å². The second kappa shape index (κ2) is 8.50. The van der Waals surface area contributed by atoms with Crippen LogP contribution in [0.2, 0.25) is 0 Å². The lowest BCUT2D eigenvalue weighted by molar-refractivity contribution is -0.274. The molecule has 0 aliphatic carbocycles. The third kappa shape index (κ3) is 6.44. The quantitative estimate of drug-likeness (QED) is 0.737. The summed E-state index contributed by atoms with van der Waals surface area (Å²) in [5.41, 5.74) is 0.643. The van der Waals surface area contributed by atoms with Gasteiger partial charge in [-0.15, -0.1) is 18.3 Å². The van der Waals surface area contributed by atoms with E-state index in [4.69, 9.17) is 0 Å². The van der Waals surface area contributed by atoms with E-state index in [2.05, 4.69) is 27.3 Å².